The van der Waals surface area contributed by atoms with Crippen molar-refractivity contribution in [2.24, 2.45) is 0 Å². The number of rotatable bonds is 3. The second-order valence-corrected chi connectivity index (χ2v) is 7.10. The molecule has 0 aliphatic heterocycles. The number of aromatic nitrogens is 5. The summed E-state index contributed by atoms with van der Waals surface area (Å²) in [6.45, 7) is 0. The van der Waals surface area contributed by atoms with Gasteiger partial charge in [-0.05, 0) is 42.5 Å². The van der Waals surface area contributed by atoms with Gasteiger partial charge in [-0.25, -0.2) is 9.99 Å². The highest BCUT2D eigenvalue weighted by Crippen LogP contribution is 2.31. The van der Waals surface area contributed by atoms with Crippen LogP contribution in [0.3, 0.4) is 0 Å². The maximum atomic E-state index is 6.31. The van der Waals surface area contributed by atoms with E-state index in [1.807, 2.05) is 64.4 Å². The number of H-pyrrole nitrogens is 1. The van der Waals surface area contributed by atoms with Crippen molar-refractivity contribution in [1.82, 2.24) is 24.8 Å². The van der Waals surface area contributed by atoms with Crippen molar-refractivity contribution in [2.75, 3.05) is 10.7 Å². The van der Waals surface area contributed by atoms with Crippen LogP contribution in [0, 0.1) is 0 Å². The highest BCUT2D eigenvalue weighted by molar-refractivity contribution is 5.90. The van der Waals surface area contributed by atoms with E-state index in [0.717, 1.165) is 38.4 Å². The number of fused-ring (bicyclic) bond motifs is 3. The van der Waals surface area contributed by atoms with Crippen molar-refractivity contribution in [1.29, 1.82) is 0 Å². The minimum atomic E-state index is 0.446. The predicted molar refractivity (Wildman–Crippen MR) is 120 cm³/mol. The quantitative estimate of drug-likeness (QED) is 0.459. The van der Waals surface area contributed by atoms with E-state index in [0.29, 0.717) is 11.8 Å². The molecular weight excluding hydrogens is 374 g/mol. The van der Waals surface area contributed by atoms with Crippen LogP contribution in [0.1, 0.15) is 0 Å². The van der Waals surface area contributed by atoms with Gasteiger partial charge in [-0.15, -0.1) is 0 Å². The number of para-hydroxylation sites is 2. The van der Waals surface area contributed by atoms with Crippen molar-refractivity contribution in [3.63, 3.8) is 0 Å². The van der Waals surface area contributed by atoms with Gasteiger partial charge >= 0.3 is 0 Å². The highest BCUT2D eigenvalue weighted by atomic mass is 15.6. The normalized spacial score (nSPS) is 11.5. The van der Waals surface area contributed by atoms with E-state index in [2.05, 4.69) is 39.4 Å². The summed E-state index contributed by atoms with van der Waals surface area (Å²) >= 11 is 0. The van der Waals surface area contributed by atoms with E-state index in [9.17, 15) is 0 Å². The van der Waals surface area contributed by atoms with Crippen LogP contribution in [0.4, 0.5) is 17.5 Å². The largest absolute Gasteiger partial charge is 0.383 e. The van der Waals surface area contributed by atoms with Crippen LogP contribution < -0.4 is 10.7 Å². The molecule has 3 heterocycles. The molecule has 3 N–H and O–H groups in total. The zero-order valence-corrected chi connectivity index (χ0v) is 15.9. The van der Waals surface area contributed by atoms with Crippen LogP contribution in [-0.2, 0) is 0 Å². The number of anilines is 3. The summed E-state index contributed by atoms with van der Waals surface area (Å²) in [6.07, 6.45) is 3.82. The fraction of sp³-hybridized carbons (Fsp3) is 0. The molecule has 0 saturated carbocycles. The van der Waals surface area contributed by atoms with E-state index in [1.165, 1.54) is 0 Å². The van der Waals surface area contributed by atoms with Crippen molar-refractivity contribution < 1.29 is 0 Å². The molecule has 0 unspecified atom stereocenters. The van der Waals surface area contributed by atoms with E-state index in [4.69, 9.17) is 10.7 Å². The first-order valence-corrected chi connectivity index (χ1v) is 9.60. The van der Waals surface area contributed by atoms with Crippen molar-refractivity contribution in [3.05, 3.63) is 85.2 Å². The van der Waals surface area contributed by atoms with Crippen molar-refractivity contribution in [3.8, 4) is 0 Å². The van der Waals surface area contributed by atoms with Crippen molar-refractivity contribution in [2.45, 2.75) is 0 Å². The molecule has 30 heavy (non-hydrogen) atoms. The monoisotopic (exact) mass is 391 g/mol. The molecule has 6 aromatic rings. The number of nitrogen functional groups attached to an aromatic ring is 1. The molecule has 7 nitrogen and oxygen atoms in total. The van der Waals surface area contributed by atoms with E-state index < -0.39 is 0 Å². The van der Waals surface area contributed by atoms with Gasteiger partial charge in [-0.1, -0.05) is 30.3 Å². The topological polar surface area (TPSA) is 88.6 Å². The number of nitrogens with one attached hydrogen (secondary N) is 1. The molecule has 6 rings (SSSR count). The van der Waals surface area contributed by atoms with Crippen LogP contribution in [-0.4, -0.2) is 24.8 Å². The number of hydrogen-bond acceptors (Lipinski definition) is 5. The third-order valence-electron chi connectivity index (χ3n) is 5.27. The van der Waals surface area contributed by atoms with Crippen molar-refractivity contribution >= 4 is 50.2 Å². The Morgan fingerprint density at radius 1 is 0.867 bits per heavy atom. The minimum absolute atomic E-state index is 0.446. The summed E-state index contributed by atoms with van der Waals surface area (Å²) in [5.74, 6) is 0.942. The van der Waals surface area contributed by atoms with E-state index in [1.54, 1.807) is 6.20 Å². The number of hydrogen-bond donors (Lipinski definition) is 2. The molecule has 0 atom stereocenters. The van der Waals surface area contributed by atoms with Gasteiger partial charge in [-0.2, -0.15) is 10.1 Å². The van der Waals surface area contributed by atoms with Crippen LogP contribution in [0.15, 0.2) is 85.2 Å². The van der Waals surface area contributed by atoms with Gasteiger partial charge in [0.15, 0.2) is 0 Å². The molecule has 0 aliphatic rings. The third kappa shape index (κ3) is 2.49. The Hall–Kier alpha value is -4.39. The smallest absolute Gasteiger partial charge is 0.252 e. The maximum Gasteiger partial charge on any atom is 0.252 e. The molecule has 0 radical (unpaired) electrons. The Labute approximate surface area is 171 Å². The summed E-state index contributed by atoms with van der Waals surface area (Å²) in [6, 6.07) is 24.1. The lowest BCUT2D eigenvalue weighted by Crippen LogP contribution is -2.25. The zero-order chi connectivity index (χ0) is 20.1. The first kappa shape index (κ1) is 16.6. The molecule has 3 aromatic heterocycles. The molecule has 0 spiro atoms. The van der Waals surface area contributed by atoms with Gasteiger partial charge in [0.25, 0.3) is 5.95 Å². The standard InChI is InChI=1S/C23H17N7/c24-22-18-6-2-3-7-20(18)26-23(27-22)30(17-9-10-19-16(13-17)14-25-28-19)29-12-11-15-5-1-4-8-21(15)29/h1-14H,(H,25,28)(H2,24,26,27). The van der Waals surface area contributed by atoms with E-state index >= 15 is 0 Å². The van der Waals surface area contributed by atoms with Gasteiger partial charge in [0.2, 0.25) is 0 Å². The Kier molecular flexibility index (Phi) is 3.48. The molecule has 3 aromatic carbocycles. The summed E-state index contributed by atoms with van der Waals surface area (Å²) < 4.78 is 2.04. The summed E-state index contributed by atoms with van der Waals surface area (Å²) in [4.78, 5) is 9.49. The van der Waals surface area contributed by atoms with Crippen LogP contribution in [0.5, 0.6) is 0 Å². The van der Waals surface area contributed by atoms with Crippen LogP contribution >= 0.6 is 0 Å². The second kappa shape index (κ2) is 6.31. The Morgan fingerprint density at radius 3 is 2.70 bits per heavy atom. The SMILES string of the molecule is Nc1nc(N(c2ccc3[nH]ncc3c2)n2ccc3ccccc32)nc2ccccc12. The van der Waals surface area contributed by atoms with Gasteiger partial charge < -0.3 is 5.73 Å². The molecule has 0 fully saturated rings. The van der Waals surface area contributed by atoms with E-state index in [-0.39, 0.29) is 0 Å². The number of aromatic amines is 1. The first-order chi connectivity index (χ1) is 14.8. The van der Waals surface area contributed by atoms with Gasteiger partial charge in [0, 0.05) is 22.4 Å². The summed E-state index contributed by atoms with van der Waals surface area (Å²) in [5, 5.41) is 12.1. The predicted octanol–water partition coefficient (Wildman–Crippen LogP) is 4.64. The fourth-order valence-electron chi connectivity index (χ4n) is 3.82. The van der Waals surface area contributed by atoms with Crippen LogP contribution in [0.2, 0.25) is 0 Å². The molecular formula is C23H17N7. The maximum absolute atomic E-state index is 6.31. The lowest BCUT2D eigenvalue weighted by molar-refractivity contribution is 0.820. The average molecular weight is 391 g/mol. The van der Waals surface area contributed by atoms with Gasteiger partial charge in [0.05, 0.1) is 28.4 Å². The molecule has 144 valence electrons. The highest BCUT2D eigenvalue weighted by Gasteiger charge is 2.19. The number of nitrogens with two attached hydrogens (primary N) is 1. The molecule has 0 amide bonds. The summed E-state index contributed by atoms with van der Waals surface area (Å²) in [7, 11) is 0. The van der Waals surface area contributed by atoms with Gasteiger partial charge in [-0.3, -0.25) is 9.77 Å². The zero-order valence-electron chi connectivity index (χ0n) is 15.9. The second-order valence-electron chi connectivity index (χ2n) is 7.10. The number of benzene rings is 3. The third-order valence-corrected chi connectivity index (χ3v) is 5.27. The Bertz CT molecular complexity index is 1530. The Balaban J connectivity index is 1.64. The lowest BCUT2D eigenvalue weighted by atomic mass is 10.2. The minimum Gasteiger partial charge on any atom is -0.383 e. The average Bonchev–Trinajstić information content (AvgIpc) is 3.41. The fourth-order valence-corrected chi connectivity index (χ4v) is 3.82. The summed E-state index contributed by atoms with van der Waals surface area (Å²) in [5.41, 5.74) is 10.0. The molecule has 0 saturated heterocycles. The molecule has 7 heteroatoms. The van der Waals surface area contributed by atoms with Gasteiger partial charge in [0.1, 0.15) is 5.82 Å². The molecule has 0 aliphatic carbocycles. The number of nitrogens with zero attached hydrogens (tertiary/aromatic N) is 5. The lowest BCUT2D eigenvalue weighted by Gasteiger charge is -2.25. The van der Waals surface area contributed by atoms with Crippen LogP contribution in [0.25, 0.3) is 32.7 Å². The Morgan fingerprint density at radius 2 is 1.73 bits per heavy atom. The molecule has 0 bridgehead atoms. The first-order valence-electron chi connectivity index (χ1n) is 9.60.